The van der Waals surface area contributed by atoms with Crippen LogP contribution >= 0.6 is 0 Å². The highest BCUT2D eigenvalue weighted by molar-refractivity contribution is 5.99. The Morgan fingerprint density at radius 3 is 2.48 bits per heavy atom. The number of alkyl halides is 3. The first kappa shape index (κ1) is 20.3. The average Bonchev–Trinajstić information content (AvgIpc) is 3.08. The Hall–Kier alpha value is -4.02. The molecular formula is C20H15F4N5O2. The summed E-state index contributed by atoms with van der Waals surface area (Å²) in [6.45, 7) is 0.417. The van der Waals surface area contributed by atoms with E-state index in [0.29, 0.717) is 41.2 Å². The maximum atomic E-state index is 14.3. The minimum atomic E-state index is -4.71. The van der Waals surface area contributed by atoms with Gasteiger partial charge in [-0.05, 0) is 42.5 Å². The molecule has 0 radical (unpaired) electrons. The minimum Gasteiger partial charge on any atom is -0.423 e. The molecule has 0 bridgehead atoms. The first-order valence-electron chi connectivity index (χ1n) is 8.89. The van der Waals surface area contributed by atoms with Gasteiger partial charge in [0.15, 0.2) is 5.88 Å². The van der Waals surface area contributed by atoms with Crippen LogP contribution in [0.4, 0.5) is 51.2 Å². The van der Waals surface area contributed by atoms with Crippen molar-refractivity contribution in [1.82, 2.24) is 0 Å². The third kappa shape index (κ3) is 3.89. The summed E-state index contributed by atoms with van der Waals surface area (Å²) >= 11 is 0. The summed E-state index contributed by atoms with van der Waals surface area (Å²) < 4.78 is 58.7. The number of nitrogens with two attached hydrogens (primary N) is 2. The number of benzene rings is 2. The Balaban J connectivity index is 1.65. The van der Waals surface area contributed by atoms with Crippen LogP contribution in [0.25, 0.3) is 0 Å². The molecule has 2 aromatic carbocycles. The van der Waals surface area contributed by atoms with Gasteiger partial charge in [0.05, 0.1) is 29.8 Å². The van der Waals surface area contributed by atoms with E-state index in [9.17, 15) is 22.4 Å². The third-order valence-corrected chi connectivity index (χ3v) is 4.64. The van der Waals surface area contributed by atoms with Crippen LogP contribution in [0.2, 0.25) is 0 Å². The second-order valence-corrected chi connectivity index (χ2v) is 6.71. The average molecular weight is 433 g/mol. The number of furan rings is 1. The van der Waals surface area contributed by atoms with Crippen molar-refractivity contribution in [1.29, 1.82) is 0 Å². The molecule has 3 aromatic rings. The maximum absolute atomic E-state index is 14.3. The van der Waals surface area contributed by atoms with Crippen LogP contribution in [-0.4, -0.2) is 12.4 Å². The zero-order valence-electron chi connectivity index (χ0n) is 15.7. The largest absolute Gasteiger partial charge is 0.423 e. The lowest BCUT2D eigenvalue weighted by Crippen LogP contribution is -2.32. The second kappa shape index (κ2) is 7.35. The van der Waals surface area contributed by atoms with Crippen molar-refractivity contribution in [3.63, 3.8) is 0 Å². The highest BCUT2D eigenvalue weighted by Gasteiger charge is 2.32. The smallest absolute Gasteiger partial charge is 0.416 e. The number of hydrogen-bond donors (Lipinski definition) is 2. The van der Waals surface area contributed by atoms with Gasteiger partial charge in [0, 0.05) is 17.3 Å². The Labute approximate surface area is 173 Å². The van der Waals surface area contributed by atoms with Gasteiger partial charge in [-0.25, -0.2) is 14.2 Å². The third-order valence-electron chi connectivity index (χ3n) is 4.64. The van der Waals surface area contributed by atoms with Crippen LogP contribution in [0.1, 0.15) is 11.1 Å². The van der Waals surface area contributed by atoms with Crippen molar-refractivity contribution in [3.8, 4) is 0 Å². The molecule has 1 aliphatic heterocycles. The number of aliphatic imine (C=N–C) groups is 1. The quantitative estimate of drug-likeness (QED) is 0.573. The highest BCUT2D eigenvalue weighted by atomic mass is 19.4. The topological polar surface area (TPSA) is 101 Å². The van der Waals surface area contributed by atoms with Crippen LogP contribution in [-0.2, 0) is 12.7 Å². The van der Waals surface area contributed by atoms with Crippen LogP contribution in [0.15, 0.2) is 57.9 Å². The minimum absolute atomic E-state index is 0.0941. The molecular weight excluding hydrogens is 418 g/mol. The monoisotopic (exact) mass is 433 g/mol. The standard InChI is InChI=1S/C20H15F4N5O2/c21-15-6-1-12(20(22,23)24)8-16(15)29(19(26)30)14-4-2-13(3-5-14)28-9-11-7-17(25)31-18(11)27-10-28/h1-8,10H,9,25H2,(H2,26,30). The molecule has 7 nitrogen and oxygen atoms in total. The fourth-order valence-corrected chi connectivity index (χ4v) is 3.21. The second-order valence-electron chi connectivity index (χ2n) is 6.71. The maximum Gasteiger partial charge on any atom is 0.416 e. The first-order chi connectivity index (χ1) is 14.6. The van der Waals surface area contributed by atoms with Crippen molar-refractivity contribution in [2.24, 2.45) is 10.7 Å². The SMILES string of the molecule is NC(=O)N(c1ccc(N2C=Nc3oc(N)cc3C2)cc1)c1cc(C(F)(F)F)ccc1F. The van der Waals surface area contributed by atoms with E-state index in [1.165, 1.54) is 18.5 Å². The number of urea groups is 1. The summed E-state index contributed by atoms with van der Waals surface area (Å²) in [5.74, 6) is -0.381. The molecule has 0 unspecified atom stereocenters. The fourth-order valence-electron chi connectivity index (χ4n) is 3.21. The summed E-state index contributed by atoms with van der Waals surface area (Å²) in [6, 6.07) is 8.35. The molecule has 0 aliphatic carbocycles. The lowest BCUT2D eigenvalue weighted by molar-refractivity contribution is -0.137. The molecule has 4 rings (SSSR count). The molecule has 11 heteroatoms. The van der Waals surface area contributed by atoms with E-state index in [2.05, 4.69) is 4.99 Å². The Kier molecular flexibility index (Phi) is 4.80. The lowest BCUT2D eigenvalue weighted by atomic mass is 10.1. The summed E-state index contributed by atoms with van der Waals surface area (Å²) in [5, 5.41) is 0. The van der Waals surface area contributed by atoms with Gasteiger partial charge in [-0.3, -0.25) is 4.90 Å². The molecule has 31 heavy (non-hydrogen) atoms. The van der Waals surface area contributed by atoms with Gasteiger partial charge in [0.25, 0.3) is 0 Å². The predicted molar refractivity (Wildman–Crippen MR) is 107 cm³/mol. The van der Waals surface area contributed by atoms with Gasteiger partial charge in [-0.15, -0.1) is 0 Å². The van der Waals surface area contributed by atoms with Gasteiger partial charge in [-0.2, -0.15) is 13.2 Å². The van der Waals surface area contributed by atoms with E-state index >= 15 is 0 Å². The Morgan fingerprint density at radius 1 is 1.13 bits per heavy atom. The summed E-state index contributed by atoms with van der Waals surface area (Å²) in [6.07, 6.45) is -3.18. The number of primary amides is 1. The molecule has 2 heterocycles. The van der Waals surface area contributed by atoms with E-state index in [0.717, 1.165) is 5.56 Å². The molecule has 0 atom stereocenters. The Bertz CT molecular complexity index is 1170. The van der Waals surface area contributed by atoms with E-state index in [1.54, 1.807) is 23.1 Å². The number of amides is 2. The lowest BCUT2D eigenvalue weighted by Gasteiger charge is -2.25. The summed E-state index contributed by atoms with van der Waals surface area (Å²) in [7, 11) is 0. The van der Waals surface area contributed by atoms with Crippen LogP contribution in [0.3, 0.4) is 0 Å². The zero-order valence-corrected chi connectivity index (χ0v) is 15.7. The van der Waals surface area contributed by atoms with Gasteiger partial charge in [0.1, 0.15) is 5.82 Å². The molecule has 0 saturated heterocycles. The van der Waals surface area contributed by atoms with Crippen molar-refractivity contribution in [2.45, 2.75) is 12.7 Å². The van der Waals surface area contributed by atoms with Crippen molar-refractivity contribution < 1.29 is 26.8 Å². The Morgan fingerprint density at radius 2 is 1.84 bits per heavy atom. The number of fused-ring (bicyclic) bond motifs is 1. The number of carbonyl (C=O) groups is 1. The predicted octanol–water partition coefficient (Wildman–Crippen LogP) is 4.92. The number of halogens is 4. The molecule has 160 valence electrons. The first-order valence-corrected chi connectivity index (χ1v) is 8.89. The van der Waals surface area contributed by atoms with Crippen molar-refractivity contribution >= 4 is 41.2 Å². The molecule has 0 saturated carbocycles. The normalized spacial score (nSPS) is 13.2. The molecule has 0 fully saturated rings. The van der Waals surface area contributed by atoms with Crippen LogP contribution in [0, 0.1) is 5.82 Å². The zero-order chi connectivity index (χ0) is 22.3. The van der Waals surface area contributed by atoms with Gasteiger partial charge in [-0.1, -0.05) is 0 Å². The number of rotatable bonds is 3. The molecule has 1 aliphatic rings. The molecule has 4 N–H and O–H groups in total. The van der Waals surface area contributed by atoms with E-state index in [1.807, 2.05) is 0 Å². The number of carbonyl (C=O) groups excluding carboxylic acids is 1. The van der Waals surface area contributed by atoms with Crippen LogP contribution in [0.5, 0.6) is 0 Å². The number of nitrogen functional groups attached to an aromatic ring is 1. The fraction of sp³-hybridized carbons (Fsp3) is 0.100. The van der Waals surface area contributed by atoms with Gasteiger partial charge in [0.2, 0.25) is 5.88 Å². The highest BCUT2D eigenvalue weighted by Crippen LogP contribution is 2.36. The molecule has 2 amide bonds. The van der Waals surface area contributed by atoms with Gasteiger partial charge < -0.3 is 20.8 Å². The van der Waals surface area contributed by atoms with E-state index in [4.69, 9.17) is 15.9 Å². The number of nitrogens with zero attached hydrogens (tertiary/aromatic N) is 3. The van der Waals surface area contributed by atoms with Crippen molar-refractivity contribution in [3.05, 3.63) is 65.5 Å². The van der Waals surface area contributed by atoms with Crippen LogP contribution < -0.4 is 21.3 Å². The van der Waals surface area contributed by atoms with E-state index in [-0.39, 0.29) is 11.6 Å². The van der Waals surface area contributed by atoms with Gasteiger partial charge >= 0.3 is 12.2 Å². The number of anilines is 4. The molecule has 1 aromatic heterocycles. The van der Waals surface area contributed by atoms with Crippen molar-refractivity contribution in [2.75, 3.05) is 15.5 Å². The summed E-state index contributed by atoms with van der Waals surface area (Å²) in [4.78, 5) is 18.6. The number of hydrogen-bond acceptors (Lipinski definition) is 5. The summed E-state index contributed by atoms with van der Waals surface area (Å²) in [5.41, 5.74) is 10.8. The van der Waals surface area contributed by atoms with E-state index < -0.39 is 29.3 Å². The molecule has 0 spiro atoms.